The monoisotopic (exact) mass is 272 g/mol. The molecule has 1 amide bonds. The topological polar surface area (TPSA) is 60.5 Å². The molecule has 1 heterocycles. The molecule has 5 heteroatoms. The third-order valence-electron chi connectivity index (χ3n) is 2.62. The molecule has 20 heavy (non-hydrogen) atoms. The smallest absolute Gasteiger partial charge is 0.227 e. The molecule has 0 atom stereocenters. The van der Waals surface area contributed by atoms with Gasteiger partial charge in [-0.25, -0.2) is 0 Å². The average Bonchev–Trinajstić information content (AvgIpc) is 2.49. The second kappa shape index (κ2) is 7.13. The summed E-state index contributed by atoms with van der Waals surface area (Å²) in [6.45, 7) is 0.318. The minimum absolute atomic E-state index is 0.146. The number of ether oxygens (including phenoxy) is 2. The third kappa shape index (κ3) is 3.98. The predicted molar refractivity (Wildman–Crippen MR) is 76.0 cm³/mol. The van der Waals surface area contributed by atoms with E-state index < -0.39 is 0 Å². The van der Waals surface area contributed by atoms with E-state index in [2.05, 4.69) is 10.3 Å². The minimum atomic E-state index is -0.146. The highest BCUT2D eigenvalue weighted by molar-refractivity contribution is 5.92. The number of anilines is 1. The lowest BCUT2D eigenvalue weighted by Gasteiger charge is -2.09. The Kier molecular flexibility index (Phi) is 4.94. The van der Waals surface area contributed by atoms with Crippen LogP contribution in [-0.2, 0) is 4.79 Å². The van der Waals surface area contributed by atoms with E-state index in [9.17, 15) is 4.79 Å². The van der Waals surface area contributed by atoms with Gasteiger partial charge >= 0.3 is 0 Å². The lowest BCUT2D eigenvalue weighted by atomic mass is 10.3. The van der Waals surface area contributed by atoms with Gasteiger partial charge in [0.15, 0.2) is 0 Å². The summed E-state index contributed by atoms with van der Waals surface area (Å²) in [5, 5.41) is 2.74. The predicted octanol–water partition coefficient (Wildman–Crippen LogP) is 2.50. The molecule has 0 fully saturated rings. The zero-order chi connectivity index (χ0) is 14.2. The molecule has 2 rings (SSSR count). The normalized spacial score (nSPS) is 9.85. The Labute approximate surface area is 117 Å². The highest BCUT2D eigenvalue weighted by Crippen LogP contribution is 2.21. The van der Waals surface area contributed by atoms with Crippen molar-refractivity contribution < 1.29 is 14.3 Å². The molecule has 0 unspecified atom stereocenters. The van der Waals surface area contributed by atoms with Crippen molar-refractivity contribution in [2.24, 2.45) is 0 Å². The second-order valence-corrected chi connectivity index (χ2v) is 4.04. The van der Waals surface area contributed by atoms with Gasteiger partial charge in [-0.2, -0.15) is 0 Å². The van der Waals surface area contributed by atoms with Crippen LogP contribution < -0.4 is 14.8 Å². The van der Waals surface area contributed by atoms with Gasteiger partial charge in [0, 0.05) is 12.3 Å². The number of carbonyl (C=O) groups excluding carboxylic acids is 1. The van der Waals surface area contributed by atoms with Crippen molar-refractivity contribution in [1.82, 2.24) is 4.98 Å². The summed E-state index contributed by atoms with van der Waals surface area (Å²) in [4.78, 5) is 15.7. The Hall–Kier alpha value is -2.56. The number of methoxy groups -OCH3 is 1. The zero-order valence-corrected chi connectivity index (χ0v) is 11.2. The van der Waals surface area contributed by atoms with Crippen LogP contribution in [0.2, 0.25) is 0 Å². The summed E-state index contributed by atoms with van der Waals surface area (Å²) in [5.41, 5.74) is 0.555. The number of pyridine rings is 1. The number of amides is 1. The second-order valence-electron chi connectivity index (χ2n) is 4.04. The maximum Gasteiger partial charge on any atom is 0.227 e. The van der Waals surface area contributed by atoms with E-state index in [1.165, 1.54) is 0 Å². The molecule has 0 aliphatic rings. The van der Waals surface area contributed by atoms with Gasteiger partial charge in [-0.15, -0.1) is 0 Å². The molecule has 2 aromatic rings. The SMILES string of the molecule is COc1ccncc1NC(=O)CCOc1ccccc1. The minimum Gasteiger partial charge on any atom is -0.494 e. The number of hydrogen-bond acceptors (Lipinski definition) is 4. The molecule has 0 aliphatic heterocycles. The average molecular weight is 272 g/mol. The molecule has 1 aromatic carbocycles. The Morgan fingerprint density at radius 1 is 1.25 bits per heavy atom. The third-order valence-corrected chi connectivity index (χ3v) is 2.62. The van der Waals surface area contributed by atoms with Crippen LogP contribution in [0, 0.1) is 0 Å². The summed E-state index contributed by atoms with van der Waals surface area (Å²) in [6, 6.07) is 11.1. The van der Waals surface area contributed by atoms with E-state index in [4.69, 9.17) is 9.47 Å². The van der Waals surface area contributed by atoms with E-state index >= 15 is 0 Å². The van der Waals surface area contributed by atoms with Crippen LogP contribution in [0.4, 0.5) is 5.69 Å². The first kappa shape index (κ1) is 13.9. The number of nitrogens with zero attached hydrogens (tertiary/aromatic N) is 1. The molecule has 0 spiro atoms. The summed E-state index contributed by atoms with van der Waals surface area (Å²) < 4.78 is 10.6. The molecule has 0 radical (unpaired) electrons. The molecule has 5 nitrogen and oxygen atoms in total. The quantitative estimate of drug-likeness (QED) is 0.877. The maximum absolute atomic E-state index is 11.8. The van der Waals surface area contributed by atoms with Gasteiger partial charge in [0.2, 0.25) is 5.91 Å². The first-order valence-corrected chi connectivity index (χ1v) is 6.25. The number of carbonyl (C=O) groups is 1. The summed E-state index contributed by atoms with van der Waals surface area (Å²) >= 11 is 0. The molecule has 1 aromatic heterocycles. The van der Waals surface area contributed by atoms with E-state index in [1.54, 1.807) is 25.6 Å². The summed E-state index contributed by atoms with van der Waals surface area (Å²) in [6.07, 6.45) is 3.41. The van der Waals surface area contributed by atoms with E-state index in [0.29, 0.717) is 18.0 Å². The van der Waals surface area contributed by atoms with Gasteiger partial charge in [-0.1, -0.05) is 18.2 Å². The highest BCUT2D eigenvalue weighted by atomic mass is 16.5. The van der Waals surface area contributed by atoms with Gasteiger partial charge < -0.3 is 14.8 Å². The Morgan fingerprint density at radius 2 is 2.05 bits per heavy atom. The van der Waals surface area contributed by atoms with Crippen LogP contribution in [0.1, 0.15) is 6.42 Å². The van der Waals surface area contributed by atoms with Crippen LogP contribution in [0.15, 0.2) is 48.8 Å². The number of hydrogen-bond donors (Lipinski definition) is 1. The van der Waals surface area contributed by atoms with Crippen molar-refractivity contribution in [3.8, 4) is 11.5 Å². The first-order chi connectivity index (χ1) is 9.79. The fourth-order valence-electron chi connectivity index (χ4n) is 1.64. The van der Waals surface area contributed by atoms with Crippen molar-refractivity contribution in [3.05, 3.63) is 48.8 Å². The highest BCUT2D eigenvalue weighted by Gasteiger charge is 2.07. The standard InChI is InChI=1S/C15H16N2O3/c1-19-14-7-9-16-11-13(14)17-15(18)8-10-20-12-5-3-2-4-6-12/h2-7,9,11H,8,10H2,1H3,(H,17,18). The molecule has 0 aliphatic carbocycles. The Balaban J connectivity index is 1.81. The van der Waals surface area contributed by atoms with Crippen LogP contribution in [0.25, 0.3) is 0 Å². The summed E-state index contributed by atoms with van der Waals surface area (Å²) in [7, 11) is 1.55. The van der Waals surface area contributed by atoms with Crippen molar-refractivity contribution in [2.45, 2.75) is 6.42 Å². The molecule has 1 N–H and O–H groups in total. The van der Waals surface area contributed by atoms with E-state index in [1.807, 2.05) is 30.3 Å². The van der Waals surface area contributed by atoms with Gasteiger partial charge in [0.1, 0.15) is 17.2 Å². The molecular formula is C15H16N2O3. The van der Waals surface area contributed by atoms with Crippen LogP contribution >= 0.6 is 0 Å². The van der Waals surface area contributed by atoms with Crippen molar-refractivity contribution in [3.63, 3.8) is 0 Å². The van der Waals surface area contributed by atoms with Crippen molar-refractivity contribution in [1.29, 1.82) is 0 Å². The van der Waals surface area contributed by atoms with Gasteiger partial charge in [-0.3, -0.25) is 9.78 Å². The molecule has 0 saturated heterocycles. The maximum atomic E-state index is 11.8. The van der Waals surface area contributed by atoms with Gasteiger partial charge in [0.05, 0.1) is 26.3 Å². The van der Waals surface area contributed by atoms with Crippen molar-refractivity contribution in [2.75, 3.05) is 19.0 Å². The van der Waals surface area contributed by atoms with Gasteiger partial charge in [0.25, 0.3) is 0 Å². The first-order valence-electron chi connectivity index (χ1n) is 6.25. The largest absolute Gasteiger partial charge is 0.494 e. The number of nitrogens with one attached hydrogen (secondary N) is 1. The summed E-state index contributed by atoms with van der Waals surface area (Å²) in [5.74, 6) is 1.18. The van der Waals surface area contributed by atoms with E-state index in [-0.39, 0.29) is 12.3 Å². The number of rotatable bonds is 6. The Bertz CT molecular complexity index is 558. The van der Waals surface area contributed by atoms with Crippen LogP contribution in [-0.4, -0.2) is 24.6 Å². The van der Waals surface area contributed by atoms with Gasteiger partial charge in [-0.05, 0) is 12.1 Å². The fourth-order valence-corrected chi connectivity index (χ4v) is 1.64. The Morgan fingerprint density at radius 3 is 2.80 bits per heavy atom. The zero-order valence-electron chi connectivity index (χ0n) is 11.2. The lowest BCUT2D eigenvalue weighted by Crippen LogP contribution is -2.15. The lowest BCUT2D eigenvalue weighted by molar-refractivity contribution is -0.116. The van der Waals surface area contributed by atoms with Crippen molar-refractivity contribution >= 4 is 11.6 Å². The van der Waals surface area contributed by atoms with Crippen LogP contribution in [0.3, 0.4) is 0 Å². The number of para-hydroxylation sites is 1. The fraction of sp³-hybridized carbons (Fsp3) is 0.200. The molecule has 104 valence electrons. The molecule has 0 bridgehead atoms. The number of aromatic nitrogens is 1. The molecule has 0 saturated carbocycles. The van der Waals surface area contributed by atoms with E-state index in [0.717, 1.165) is 5.75 Å². The molecular weight excluding hydrogens is 256 g/mol. The number of benzene rings is 1. The van der Waals surface area contributed by atoms with Crippen LogP contribution in [0.5, 0.6) is 11.5 Å².